The molecule has 0 amide bonds. The third-order valence-corrected chi connectivity index (χ3v) is 5.70. The Morgan fingerprint density at radius 2 is 1.83 bits per heavy atom. The molecule has 6 nitrogen and oxygen atoms in total. The highest BCUT2D eigenvalue weighted by Crippen LogP contribution is 2.35. The molecule has 0 bridgehead atoms. The van der Waals surface area contributed by atoms with Gasteiger partial charge in [-0.05, 0) is 24.9 Å². The molecule has 11 heteroatoms. The van der Waals surface area contributed by atoms with Gasteiger partial charge in [0.25, 0.3) is 0 Å². The fourth-order valence-corrected chi connectivity index (χ4v) is 4.13. The largest absolute Gasteiger partial charge is 0.445 e. The van der Waals surface area contributed by atoms with Crippen LogP contribution in [0.15, 0.2) is 0 Å². The number of nitriles is 1. The van der Waals surface area contributed by atoms with E-state index in [4.69, 9.17) is 0 Å². The van der Waals surface area contributed by atoms with Gasteiger partial charge in [-0.15, -0.1) is 10.2 Å². The van der Waals surface area contributed by atoms with E-state index in [1.807, 2.05) is 4.90 Å². The Kier molecular flexibility index (Phi) is 4.60. The summed E-state index contributed by atoms with van der Waals surface area (Å²) in [6.45, 7) is 4.23. The number of aryl methyl sites for hydroxylation is 1. The second-order valence-electron chi connectivity index (χ2n) is 5.28. The number of aromatic nitrogens is 3. The Morgan fingerprint density at radius 3 is 2.50 bits per heavy atom. The van der Waals surface area contributed by atoms with Gasteiger partial charge in [-0.2, -0.15) is 22.8 Å². The molecular formula is C13H13F3N6S2. The number of nitrogens with zero attached hydrogens (tertiary/aromatic N) is 6. The summed E-state index contributed by atoms with van der Waals surface area (Å²) in [5.74, 6) is 0. The predicted molar refractivity (Wildman–Crippen MR) is 85.5 cm³/mol. The molecule has 2 aromatic rings. The van der Waals surface area contributed by atoms with Gasteiger partial charge in [-0.3, -0.25) is 0 Å². The molecule has 0 radical (unpaired) electrons. The van der Waals surface area contributed by atoms with Crippen LogP contribution in [0.2, 0.25) is 0 Å². The van der Waals surface area contributed by atoms with E-state index in [-0.39, 0.29) is 5.13 Å². The van der Waals surface area contributed by atoms with Crippen molar-refractivity contribution in [2.75, 3.05) is 36.0 Å². The highest BCUT2D eigenvalue weighted by Gasteiger charge is 2.36. The molecule has 0 saturated carbocycles. The number of hydrogen-bond donors (Lipinski definition) is 0. The van der Waals surface area contributed by atoms with Crippen LogP contribution in [0, 0.1) is 18.3 Å². The number of rotatable bonds is 2. The molecule has 0 aromatic carbocycles. The van der Waals surface area contributed by atoms with Crippen LogP contribution >= 0.6 is 22.9 Å². The van der Waals surface area contributed by atoms with Crippen LogP contribution in [0.5, 0.6) is 0 Å². The minimum Gasteiger partial charge on any atom is -0.359 e. The molecular weight excluding hydrogens is 361 g/mol. The summed E-state index contributed by atoms with van der Waals surface area (Å²) < 4.78 is 42.2. The minimum absolute atomic E-state index is 0.283. The second-order valence-corrected chi connectivity index (χ2v) is 6.98. The van der Waals surface area contributed by atoms with E-state index >= 15 is 0 Å². The molecule has 3 heterocycles. The van der Waals surface area contributed by atoms with Gasteiger partial charge in [0.05, 0.1) is 5.69 Å². The van der Waals surface area contributed by atoms with Crippen LogP contribution in [-0.2, 0) is 6.18 Å². The maximum atomic E-state index is 12.7. The van der Waals surface area contributed by atoms with Crippen molar-refractivity contribution in [3.63, 3.8) is 0 Å². The number of halogens is 3. The number of anilines is 2. The van der Waals surface area contributed by atoms with Crippen LogP contribution < -0.4 is 9.80 Å². The average Bonchev–Trinajstić information content (AvgIpc) is 3.08. The van der Waals surface area contributed by atoms with Crippen LogP contribution in [-0.4, -0.2) is 40.7 Å². The van der Waals surface area contributed by atoms with Gasteiger partial charge in [0.15, 0.2) is 0 Å². The van der Waals surface area contributed by atoms with Crippen molar-refractivity contribution in [3.8, 4) is 6.07 Å². The van der Waals surface area contributed by atoms with Gasteiger partial charge >= 0.3 is 6.18 Å². The van der Waals surface area contributed by atoms with Crippen LogP contribution in [0.4, 0.5) is 23.3 Å². The molecule has 0 unspecified atom stereocenters. The van der Waals surface area contributed by atoms with Crippen molar-refractivity contribution >= 4 is 33.0 Å². The molecule has 128 valence electrons. The van der Waals surface area contributed by atoms with E-state index in [2.05, 4.69) is 25.5 Å². The molecule has 0 aliphatic carbocycles. The van der Waals surface area contributed by atoms with Crippen molar-refractivity contribution in [2.45, 2.75) is 19.5 Å². The summed E-state index contributed by atoms with van der Waals surface area (Å²) >= 11 is 1.84. The van der Waals surface area contributed by atoms with E-state index in [1.165, 1.54) is 11.5 Å². The van der Waals surface area contributed by atoms with Crippen molar-refractivity contribution in [1.82, 2.24) is 14.6 Å². The molecule has 1 saturated heterocycles. The quantitative estimate of drug-likeness (QED) is 0.805. The predicted octanol–water partition coefficient (Wildman–Crippen LogP) is 2.91. The molecule has 1 aliphatic heterocycles. The highest BCUT2D eigenvalue weighted by atomic mass is 32.1. The van der Waals surface area contributed by atoms with Gasteiger partial charge in [0.2, 0.25) is 10.1 Å². The molecule has 3 rings (SSSR count). The topological polar surface area (TPSA) is 68.9 Å². The normalized spacial score (nSPS) is 16.1. The summed E-state index contributed by atoms with van der Waals surface area (Å²) in [5, 5.41) is 16.3. The fourth-order valence-electron chi connectivity index (χ4n) is 2.47. The fraction of sp³-hybridized carbons (Fsp3) is 0.538. The van der Waals surface area contributed by atoms with Gasteiger partial charge in [-0.1, -0.05) is 11.3 Å². The van der Waals surface area contributed by atoms with E-state index in [1.54, 1.807) is 6.92 Å². The minimum atomic E-state index is -4.46. The van der Waals surface area contributed by atoms with Crippen LogP contribution in [0.25, 0.3) is 0 Å². The van der Waals surface area contributed by atoms with Crippen molar-refractivity contribution in [1.29, 1.82) is 5.26 Å². The third kappa shape index (κ3) is 3.29. The Morgan fingerprint density at radius 1 is 1.12 bits per heavy atom. The number of hydrogen-bond acceptors (Lipinski definition) is 8. The zero-order valence-electron chi connectivity index (χ0n) is 12.7. The summed E-state index contributed by atoms with van der Waals surface area (Å²) in [4.78, 5) is 3.88. The molecule has 2 aromatic heterocycles. The Hall–Kier alpha value is -1.93. The zero-order valence-corrected chi connectivity index (χ0v) is 14.3. The summed E-state index contributed by atoms with van der Waals surface area (Å²) in [6, 6.07) is 2.17. The standard InChI is InChI=1S/C13H13F3N6S2/c1-8-9(7-17)10(24-20-8)21-3-2-4-22(6-5-21)12-19-18-11(23-12)13(14,15)16/h2-6H2,1H3. The monoisotopic (exact) mass is 374 g/mol. The van der Waals surface area contributed by atoms with Crippen LogP contribution in [0.3, 0.4) is 0 Å². The zero-order chi connectivity index (χ0) is 17.3. The smallest absolute Gasteiger partial charge is 0.359 e. The Bertz CT molecular complexity index is 763. The molecule has 24 heavy (non-hydrogen) atoms. The first-order valence-corrected chi connectivity index (χ1v) is 8.76. The van der Waals surface area contributed by atoms with E-state index in [0.29, 0.717) is 42.2 Å². The van der Waals surface area contributed by atoms with E-state index in [0.717, 1.165) is 18.0 Å². The first kappa shape index (κ1) is 16.9. The maximum absolute atomic E-state index is 12.7. The van der Waals surface area contributed by atoms with Crippen molar-refractivity contribution in [2.24, 2.45) is 0 Å². The van der Waals surface area contributed by atoms with Crippen LogP contribution in [0.1, 0.15) is 22.7 Å². The van der Waals surface area contributed by atoms with Crippen molar-refractivity contribution in [3.05, 3.63) is 16.3 Å². The maximum Gasteiger partial charge on any atom is 0.445 e. The summed E-state index contributed by atoms with van der Waals surface area (Å²) in [7, 11) is 0. The van der Waals surface area contributed by atoms with Crippen molar-refractivity contribution < 1.29 is 13.2 Å². The Labute approximate surface area is 144 Å². The molecule has 1 aliphatic rings. The Balaban J connectivity index is 1.74. The van der Waals surface area contributed by atoms with Gasteiger partial charge < -0.3 is 9.80 Å². The second kappa shape index (κ2) is 6.52. The molecule has 0 atom stereocenters. The lowest BCUT2D eigenvalue weighted by molar-refractivity contribution is -0.138. The molecule has 1 fully saturated rings. The lowest BCUT2D eigenvalue weighted by Gasteiger charge is -2.21. The lowest BCUT2D eigenvalue weighted by Crippen LogP contribution is -2.30. The highest BCUT2D eigenvalue weighted by molar-refractivity contribution is 7.15. The van der Waals surface area contributed by atoms with Gasteiger partial charge in [0.1, 0.15) is 16.6 Å². The molecule has 0 spiro atoms. The molecule has 0 N–H and O–H groups in total. The van der Waals surface area contributed by atoms with E-state index < -0.39 is 11.2 Å². The summed E-state index contributed by atoms with van der Waals surface area (Å²) in [5.41, 5.74) is 1.28. The van der Waals surface area contributed by atoms with Gasteiger partial charge in [-0.25, -0.2) is 0 Å². The summed E-state index contributed by atoms with van der Waals surface area (Å²) in [6.07, 6.45) is -3.71. The van der Waals surface area contributed by atoms with E-state index in [9.17, 15) is 18.4 Å². The SMILES string of the molecule is Cc1nsc(N2CCCN(c3nnc(C(F)(F)F)s3)CC2)c1C#N. The average molecular weight is 374 g/mol. The lowest BCUT2D eigenvalue weighted by atomic mass is 10.2. The van der Waals surface area contributed by atoms with Gasteiger partial charge in [0, 0.05) is 26.2 Å². The third-order valence-electron chi connectivity index (χ3n) is 3.67. The number of alkyl halides is 3. The first-order chi connectivity index (χ1) is 11.4. The first-order valence-electron chi connectivity index (χ1n) is 7.17.